The molecule has 0 radical (unpaired) electrons. The number of ether oxygens (including phenoxy) is 1. The van der Waals surface area contributed by atoms with Gasteiger partial charge >= 0.3 is 5.97 Å². The average molecular weight is 356 g/mol. The Kier molecular flexibility index (Phi) is 5.35. The first kappa shape index (κ1) is 17.7. The first-order chi connectivity index (χ1) is 12.7. The van der Waals surface area contributed by atoms with Crippen molar-refractivity contribution in [1.29, 1.82) is 0 Å². The van der Waals surface area contributed by atoms with E-state index in [0.29, 0.717) is 29.7 Å². The maximum Gasteiger partial charge on any atom is 0.359 e. The maximum atomic E-state index is 12.6. The van der Waals surface area contributed by atoms with Gasteiger partial charge in [-0.05, 0) is 29.8 Å². The molecule has 26 heavy (non-hydrogen) atoms. The molecule has 9 nitrogen and oxygen atoms in total. The van der Waals surface area contributed by atoms with Crippen LogP contribution in [-0.4, -0.2) is 36.0 Å². The number of fused-ring (bicyclic) bond motifs is 1. The van der Waals surface area contributed by atoms with E-state index < -0.39 is 5.97 Å². The number of tetrazole rings is 1. The van der Waals surface area contributed by atoms with E-state index in [-0.39, 0.29) is 17.9 Å². The van der Waals surface area contributed by atoms with Crippen LogP contribution in [0.2, 0.25) is 0 Å². The summed E-state index contributed by atoms with van der Waals surface area (Å²) in [6.07, 6.45) is 1.94. The maximum absolute atomic E-state index is 12.6. The van der Waals surface area contributed by atoms with Crippen molar-refractivity contribution in [2.75, 3.05) is 0 Å². The van der Waals surface area contributed by atoms with Crippen molar-refractivity contribution >= 4 is 16.7 Å². The summed E-state index contributed by atoms with van der Waals surface area (Å²) in [6, 6.07) is 6.86. The number of benzene rings is 1. The van der Waals surface area contributed by atoms with E-state index in [4.69, 9.17) is 4.74 Å². The molecule has 9 heteroatoms. The molecule has 3 aromatic rings. The Morgan fingerprint density at radius 3 is 2.65 bits per heavy atom. The van der Waals surface area contributed by atoms with Gasteiger partial charge < -0.3 is 4.74 Å². The van der Waals surface area contributed by atoms with Gasteiger partial charge in [-0.25, -0.2) is 14.2 Å². The Morgan fingerprint density at radius 2 is 1.92 bits per heavy atom. The second kappa shape index (κ2) is 7.85. The molecule has 0 aliphatic heterocycles. The molecule has 136 valence electrons. The predicted molar refractivity (Wildman–Crippen MR) is 93.5 cm³/mol. The summed E-state index contributed by atoms with van der Waals surface area (Å²) in [6.45, 7) is 4.83. The van der Waals surface area contributed by atoms with Crippen molar-refractivity contribution in [1.82, 2.24) is 30.0 Å². The van der Waals surface area contributed by atoms with Crippen LogP contribution in [0.5, 0.6) is 0 Å². The number of carbonyl (C=O) groups excluding carboxylic acids is 1. The number of hydrogen-bond acceptors (Lipinski definition) is 7. The second-order valence-corrected chi connectivity index (χ2v) is 5.76. The Morgan fingerprint density at radius 1 is 1.15 bits per heavy atom. The van der Waals surface area contributed by atoms with Crippen molar-refractivity contribution in [3.05, 3.63) is 46.1 Å². The quantitative estimate of drug-likeness (QED) is 0.592. The molecule has 0 fully saturated rings. The Hall–Kier alpha value is -3.10. The van der Waals surface area contributed by atoms with E-state index in [9.17, 15) is 9.59 Å². The van der Waals surface area contributed by atoms with E-state index in [1.54, 1.807) is 35.9 Å². The summed E-state index contributed by atoms with van der Waals surface area (Å²) >= 11 is 0. The number of rotatable bonds is 7. The lowest BCUT2D eigenvalue weighted by Crippen LogP contribution is -2.26. The highest BCUT2D eigenvalue weighted by atomic mass is 16.5. The predicted octanol–water partition coefficient (Wildman–Crippen LogP) is 1.56. The largest absolute Gasteiger partial charge is 0.453 e. The van der Waals surface area contributed by atoms with Gasteiger partial charge in [0.05, 0.1) is 5.39 Å². The van der Waals surface area contributed by atoms with Crippen LogP contribution in [0.3, 0.4) is 0 Å². The fourth-order valence-corrected chi connectivity index (χ4v) is 2.61. The molecular weight excluding hydrogens is 336 g/mol. The molecule has 0 saturated heterocycles. The minimum atomic E-state index is -0.617. The normalized spacial score (nSPS) is 11.0. The van der Waals surface area contributed by atoms with Crippen molar-refractivity contribution in [3.8, 4) is 0 Å². The van der Waals surface area contributed by atoms with Crippen LogP contribution in [0, 0.1) is 0 Å². The first-order valence-electron chi connectivity index (χ1n) is 8.57. The molecular formula is C17H20N6O3. The number of hydrogen-bond donors (Lipinski definition) is 0. The zero-order valence-electron chi connectivity index (χ0n) is 14.8. The molecule has 1 aromatic carbocycles. The van der Waals surface area contributed by atoms with Crippen LogP contribution < -0.4 is 5.56 Å². The van der Waals surface area contributed by atoms with Gasteiger partial charge in [-0.2, -0.15) is 5.10 Å². The smallest absolute Gasteiger partial charge is 0.359 e. The van der Waals surface area contributed by atoms with Gasteiger partial charge in [-0.1, -0.05) is 31.5 Å². The van der Waals surface area contributed by atoms with Gasteiger partial charge in [0.25, 0.3) is 5.56 Å². The summed E-state index contributed by atoms with van der Waals surface area (Å²) in [5, 5.41) is 16.5. The van der Waals surface area contributed by atoms with Crippen LogP contribution in [0.25, 0.3) is 10.8 Å². The molecule has 0 spiro atoms. The summed E-state index contributed by atoms with van der Waals surface area (Å²) < 4.78 is 8.23. The van der Waals surface area contributed by atoms with Crippen LogP contribution in [0.15, 0.2) is 29.1 Å². The van der Waals surface area contributed by atoms with E-state index >= 15 is 0 Å². The summed E-state index contributed by atoms with van der Waals surface area (Å²) in [7, 11) is 0. The van der Waals surface area contributed by atoms with Crippen LogP contribution >= 0.6 is 0 Å². The number of unbranched alkanes of at least 4 members (excludes halogenated alkanes) is 1. The van der Waals surface area contributed by atoms with Crippen molar-refractivity contribution in [2.24, 2.45) is 0 Å². The van der Waals surface area contributed by atoms with Crippen molar-refractivity contribution < 1.29 is 9.53 Å². The van der Waals surface area contributed by atoms with Crippen molar-refractivity contribution in [2.45, 2.75) is 46.4 Å². The standard InChI is InChI=1S/C17H20N6O3/c1-3-5-10-23-14(18-20-21-23)11-26-17(25)15-12-8-6-7-9-13(12)16(24)22(4-2)19-15/h6-9H,3-5,10-11H2,1-2H3. The van der Waals surface area contributed by atoms with E-state index in [1.807, 2.05) is 0 Å². The fraction of sp³-hybridized carbons (Fsp3) is 0.412. The summed E-state index contributed by atoms with van der Waals surface area (Å²) in [4.78, 5) is 24.9. The SMILES string of the molecule is CCCCn1nnnc1COC(=O)c1nn(CC)c(=O)c2ccccc12. The third kappa shape index (κ3) is 3.46. The minimum Gasteiger partial charge on any atom is -0.453 e. The van der Waals surface area contributed by atoms with Crippen molar-refractivity contribution in [3.63, 3.8) is 0 Å². The monoisotopic (exact) mass is 356 g/mol. The zero-order valence-corrected chi connectivity index (χ0v) is 14.8. The second-order valence-electron chi connectivity index (χ2n) is 5.76. The van der Waals surface area contributed by atoms with Gasteiger partial charge in [0.1, 0.15) is 0 Å². The lowest BCUT2D eigenvalue weighted by atomic mass is 10.1. The topological polar surface area (TPSA) is 105 Å². The van der Waals surface area contributed by atoms with Crippen LogP contribution in [-0.2, 0) is 24.4 Å². The minimum absolute atomic E-state index is 0.0587. The highest BCUT2D eigenvalue weighted by Gasteiger charge is 2.18. The molecule has 0 bridgehead atoms. The molecule has 3 rings (SSSR count). The third-order valence-corrected chi connectivity index (χ3v) is 4.02. The van der Waals surface area contributed by atoms with E-state index in [0.717, 1.165) is 12.8 Å². The first-order valence-corrected chi connectivity index (χ1v) is 8.57. The molecule has 2 heterocycles. The molecule has 0 aliphatic rings. The third-order valence-electron chi connectivity index (χ3n) is 4.02. The molecule has 0 unspecified atom stereocenters. The number of nitrogens with zero attached hydrogens (tertiary/aromatic N) is 6. The Labute approximate surface area is 149 Å². The molecule has 0 atom stereocenters. The summed E-state index contributed by atoms with van der Waals surface area (Å²) in [5.41, 5.74) is -0.127. The van der Waals surface area contributed by atoms with E-state index in [1.165, 1.54) is 4.68 Å². The van der Waals surface area contributed by atoms with Gasteiger partial charge in [0.15, 0.2) is 18.1 Å². The number of esters is 1. The lowest BCUT2D eigenvalue weighted by molar-refractivity contribution is 0.0449. The lowest BCUT2D eigenvalue weighted by Gasteiger charge is -2.09. The average Bonchev–Trinajstić information content (AvgIpc) is 3.12. The molecule has 0 amide bonds. The highest BCUT2D eigenvalue weighted by Crippen LogP contribution is 2.15. The Balaban J connectivity index is 1.86. The fourth-order valence-electron chi connectivity index (χ4n) is 2.61. The summed E-state index contributed by atoms with van der Waals surface area (Å²) in [5.74, 6) is -0.145. The highest BCUT2D eigenvalue weighted by molar-refractivity contribution is 6.02. The molecule has 0 saturated carbocycles. The van der Waals surface area contributed by atoms with Crippen LogP contribution in [0.1, 0.15) is 43.0 Å². The van der Waals surface area contributed by atoms with Crippen LogP contribution in [0.4, 0.5) is 0 Å². The molecule has 2 aromatic heterocycles. The molecule has 0 aliphatic carbocycles. The van der Waals surface area contributed by atoms with Gasteiger partial charge in [-0.15, -0.1) is 5.10 Å². The van der Waals surface area contributed by atoms with Gasteiger partial charge in [-0.3, -0.25) is 4.79 Å². The molecule has 0 N–H and O–H groups in total. The number of aryl methyl sites for hydroxylation is 2. The van der Waals surface area contributed by atoms with E-state index in [2.05, 4.69) is 27.5 Å². The van der Waals surface area contributed by atoms with Gasteiger partial charge in [0.2, 0.25) is 0 Å². The number of aromatic nitrogens is 6. The number of carbonyl (C=O) groups is 1. The van der Waals surface area contributed by atoms with Gasteiger partial charge in [0, 0.05) is 18.5 Å². The Bertz CT molecular complexity index is 978. The zero-order chi connectivity index (χ0) is 18.5.